The molecule has 4 heterocycles. The molecule has 2 aliphatic heterocycles. The number of nitrogens with zero attached hydrogens (tertiary/aromatic N) is 3. The molecule has 0 atom stereocenters. The molecule has 5 rings (SSSR count). The number of aromatic nitrogens is 1. The third kappa shape index (κ3) is 2.65. The van der Waals surface area contributed by atoms with Gasteiger partial charge in [-0.15, -0.1) is 0 Å². The minimum Gasteiger partial charge on any atom is -0.488 e. The van der Waals surface area contributed by atoms with Crippen molar-refractivity contribution in [2.75, 3.05) is 26.2 Å². The van der Waals surface area contributed by atoms with E-state index in [1.54, 1.807) is 21.9 Å². The van der Waals surface area contributed by atoms with Crippen LogP contribution in [0.25, 0.3) is 11.3 Å². The summed E-state index contributed by atoms with van der Waals surface area (Å²) in [6, 6.07) is 10.8. The normalized spacial score (nSPS) is 15.6. The van der Waals surface area contributed by atoms with Crippen molar-refractivity contribution in [1.82, 2.24) is 15.0 Å². The fraction of sp³-hybridized carbons (Fsp3) is 0.250. The van der Waals surface area contributed by atoms with Gasteiger partial charge in [0.15, 0.2) is 17.2 Å². The molecule has 0 radical (unpaired) electrons. The zero-order valence-electron chi connectivity index (χ0n) is 15.0. The molecule has 2 aliphatic rings. The largest absolute Gasteiger partial charge is 0.488 e. The summed E-state index contributed by atoms with van der Waals surface area (Å²) >= 11 is 0. The van der Waals surface area contributed by atoms with Crippen LogP contribution in [0.1, 0.15) is 26.6 Å². The number of para-hydroxylation sites is 1. The van der Waals surface area contributed by atoms with Crippen LogP contribution in [0.2, 0.25) is 0 Å². The van der Waals surface area contributed by atoms with E-state index in [2.05, 4.69) is 5.16 Å². The average molecular weight is 379 g/mol. The lowest BCUT2D eigenvalue weighted by atomic mass is 10.0. The van der Waals surface area contributed by atoms with E-state index in [1.165, 1.54) is 6.26 Å². The lowest BCUT2D eigenvalue weighted by Gasteiger charge is -2.34. The van der Waals surface area contributed by atoms with Crippen LogP contribution in [0.3, 0.4) is 0 Å². The van der Waals surface area contributed by atoms with Crippen molar-refractivity contribution < 1.29 is 23.3 Å². The van der Waals surface area contributed by atoms with E-state index in [0.717, 1.165) is 11.3 Å². The molecule has 1 fully saturated rings. The highest BCUT2D eigenvalue weighted by molar-refractivity contribution is 5.96. The van der Waals surface area contributed by atoms with Gasteiger partial charge in [0, 0.05) is 26.2 Å². The van der Waals surface area contributed by atoms with Crippen LogP contribution in [0.15, 0.2) is 51.6 Å². The summed E-state index contributed by atoms with van der Waals surface area (Å²) in [6.45, 7) is 1.96. The standard InChI is InChI=1S/C20H17N3O5/c24-19(16-6-3-11-26-16)22-7-9-23(10-8-22)20(25)17-14-12-27-15-5-2-1-4-13(15)18(14)28-21-17/h1-6,11H,7-10,12H2. The molecule has 8 heteroatoms. The van der Waals surface area contributed by atoms with Gasteiger partial charge in [0.05, 0.1) is 17.4 Å². The number of hydrogen-bond acceptors (Lipinski definition) is 6. The number of carbonyl (C=O) groups is 2. The average Bonchev–Trinajstić information content (AvgIpc) is 3.43. The summed E-state index contributed by atoms with van der Waals surface area (Å²) in [5, 5.41) is 4.02. The fourth-order valence-corrected chi connectivity index (χ4v) is 3.57. The van der Waals surface area contributed by atoms with Crippen LogP contribution in [-0.4, -0.2) is 52.9 Å². The molecule has 0 saturated carbocycles. The van der Waals surface area contributed by atoms with Gasteiger partial charge in [-0.3, -0.25) is 9.59 Å². The van der Waals surface area contributed by atoms with Gasteiger partial charge in [-0.25, -0.2) is 0 Å². The number of ether oxygens (including phenoxy) is 1. The van der Waals surface area contributed by atoms with Crippen LogP contribution in [-0.2, 0) is 6.61 Å². The monoisotopic (exact) mass is 379 g/mol. The van der Waals surface area contributed by atoms with Crippen molar-refractivity contribution in [3.05, 3.63) is 59.7 Å². The molecular weight excluding hydrogens is 362 g/mol. The van der Waals surface area contributed by atoms with Gasteiger partial charge in [0.25, 0.3) is 11.8 Å². The maximum Gasteiger partial charge on any atom is 0.289 e. The SMILES string of the molecule is O=C(c1ccco1)N1CCN(C(=O)c2noc3c2COc2ccccc2-3)CC1. The molecule has 3 aromatic rings. The molecule has 2 amide bonds. The number of amides is 2. The second-order valence-electron chi connectivity index (χ2n) is 6.69. The molecule has 8 nitrogen and oxygen atoms in total. The maximum absolute atomic E-state index is 13.0. The Morgan fingerprint density at radius 1 is 0.929 bits per heavy atom. The molecule has 1 aromatic carbocycles. The Morgan fingerprint density at radius 2 is 1.68 bits per heavy atom. The van der Waals surface area contributed by atoms with Crippen molar-refractivity contribution in [2.45, 2.75) is 6.61 Å². The molecule has 0 N–H and O–H groups in total. The number of piperazine rings is 1. The zero-order valence-corrected chi connectivity index (χ0v) is 15.0. The Hall–Kier alpha value is -3.55. The van der Waals surface area contributed by atoms with Crippen LogP contribution < -0.4 is 4.74 Å². The first kappa shape index (κ1) is 16.6. The van der Waals surface area contributed by atoms with Crippen molar-refractivity contribution in [2.24, 2.45) is 0 Å². The number of fused-ring (bicyclic) bond motifs is 3. The summed E-state index contributed by atoms with van der Waals surface area (Å²) in [4.78, 5) is 28.7. The van der Waals surface area contributed by atoms with Crippen molar-refractivity contribution in [3.63, 3.8) is 0 Å². The molecule has 0 spiro atoms. The Morgan fingerprint density at radius 3 is 2.43 bits per heavy atom. The summed E-state index contributed by atoms with van der Waals surface area (Å²) in [6.07, 6.45) is 1.47. The number of benzene rings is 1. The van der Waals surface area contributed by atoms with Gasteiger partial charge in [-0.1, -0.05) is 17.3 Å². The van der Waals surface area contributed by atoms with Gasteiger partial charge in [-0.2, -0.15) is 0 Å². The quantitative estimate of drug-likeness (QED) is 0.679. The molecule has 2 aromatic heterocycles. The molecule has 0 bridgehead atoms. The van der Waals surface area contributed by atoms with Gasteiger partial charge < -0.3 is 23.5 Å². The first-order chi connectivity index (χ1) is 13.7. The van der Waals surface area contributed by atoms with Gasteiger partial charge in [0.2, 0.25) is 0 Å². The smallest absolute Gasteiger partial charge is 0.289 e. The third-order valence-corrected chi connectivity index (χ3v) is 5.08. The van der Waals surface area contributed by atoms with E-state index in [4.69, 9.17) is 13.7 Å². The second kappa shape index (κ2) is 6.56. The predicted octanol–water partition coefficient (Wildman–Crippen LogP) is 2.43. The molecule has 142 valence electrons. The fourth-order valence-electron chi connectivity index (χ4n) is 3.57. The van der Waals surface area contributed by atoms with Crippen molar-refractivity contribution in [3.8, 4) is 17.1 Å². The van der Waals surface area contributed by atoms with Crippen LogP contribution in [0, 0.1) is 0 Å². The first-order valence-electron chi connectivity index (χ1n) is 9.05. The molecule has 28 heavy (non-hydrogen) atoms. The summed E-state index contributed by atoms with van der Waals surface area (Å²) in [5.74, 6) is 1.23. The number of rotatable bonds is 2. The van der Waals surface area contributed by atoms with Crippen molar-refractivity contribution >= 4 is 11.8 Å². The Kier molecular flexibility index (Phi) is 3.89. The third-order valence-electron chi connectivity index (χ3n) is 5.08. The summed E-state index contributed by atoms with van der Waals surface area (Å²) < 4.78 is 16.4. The Balaban J connectivity index is 1.31. The van der Waals surface area contributed by atoms with E-state index in [0.29, 0.717) is 43.3 Å². The number of carbonyl (C=O) groups excluding carboxylic acids is 2. The van der Waals surface area contributed by atoms with Gasteiger partial charge >= 0.3 is 0 Å². The molecule has 0 unspecified atom stereocenters. The van der Waals surface area contributed by atoms with E-state index in [-0.39, 0.29) is 24.1 Å². The van der Waals surface area contributed by atoms with E-state index >= 15 is 0 Å². The highest BCUT2D eigenvalue weighted by Gasteiger charge is 2.33. The highest BCUT2D eigenvalue weighted by atomic mass is 16.5. The second-order valence-corrected chi connectivity index (χ2v) is 6.69. The number of hydrogen-bond donors (Lipinski definition) is 0. The lowest BCUT2D eigenvalue weighted by molar-refractivity contribution is 0.0512. The van der Waals surface area contributed by atoms with E-state index in [1.807, 2.05) is 24.3 Å². The van der Waals surface area contributed by atoms with Crippen molar-refractivity contribution in [1.29, 1.82) is 0 Å². The minimum absolute atomic E-state index is 0.166. The van der Waals surface area contributed by atoms with E-state index < -0.39 is 0 Å². The molecular formula is C20H17N3O5. The Labute approximate surface area is 160 Å². The lowest BCUT2D eigenvalue weighted by Crippen LogP contribution is -2.50. The highest BCUT2D eigenvalue weighted by Crippen LogP contribution is 2.38. The van der Waals surface area contributed by atoms with Crippen LogP contribution in [0.4, 0.5) is 0 Å². The summed E-state index contributed by atoms with van der Waals surface area (Å²) in [7, 11) is 0. The Bertz CT molecular complexity index is 1030. The predicted molar refractivity (Wildman–Crippen MR) is 96.8 cm³/mol. The van der Waals surface area contributed by atoms with Crippen LogP contribution >= 0.6 is 0 Å². The van der Waals surface area contributed by atoms with Gasteiger partial charge in [0.1, 0.15) is 12.4 Å². The molecule has 0 aliphatic carbocycles. The minimum atomic E-state index is -0.210. The first-order valence-corrected chi connectivity index (χ1v) is 9.05. The topological polar surface area (TPSA) is 89.0 Å². The van der Waals surface area contributed by atoms with Crippen LogP contribution in [0.5, 0.6) is 5.75 Å². The van der Waals surface area contributed by atoms with Gasteiger partial charge in [-0.05, 0) is 24.3 Å². The maximum atomic E-state index is 13.0. The zero-order chi connectivity index (χ0) is 19.1. The molecule has 1 saturated heterocycles. The van der Waals surface area contributed by atoms with E-state index in [9.17, 15) is 9.59 Å². The number of furan rings is 1. The summed E-state index contributed by atoms with van der Waals surface area (Å²) in [5.41, 5.74) is 1.73.